The molecule has 0 saturated heterocycles. The van der Waals surface area contributed by atoms with Gasteiger partial charge in [-0.1, -0.05) is 25.5 Å². The van der Waals surface area contributed by atoms with Gasteiger partial charge < -0.3 is 9.73 Å². The van der Waals surface area contributed by atoms with Gasteiger partial charge >= 0.3 is 0 Å². The summed E-state index contributed by atoms with van der Waals surface area (Å²) in [6.45, 7) is 8.58. The van der Waals surface area contributed by atoms with E-state index >= 15 is 0 Å². The van der Waals surface area contributed by atoms with Gasteiger partial charge in [0.15, 0.2) is 0 Å². The molecule has 0 fully saturated rings. The van der Waals surface area contributed by atoms with Crippen molar-refractivity contribution in [2.45, 2.75) is 27.2 Å². The first-order chi connectivity index (χ1) is 8.19. The average molecular weight is 231 g/mol. The van der Waals surface area contributed by atoms with Crippen LogP contribution < -0.4 is 5.32 Å². The third kappa shape index (κ3) is 3.10. The summed E-state index contributed by atoms with van der Waals surface area (Å²) in [5.41, 5.74) is 2.28. The maximum absolute atomic E-state index is 5.85. The number of rotatable bonds is 5. The molecule has 17 heavy (non-hydrogen) atoms. The lowest BCUT2D eigenvalue weighted by atomic mass is 10.1. The second-order valence-electron chi connectivity index (χ2n) is 4.87. The van der Waals surface area contributed by atoms with Gasteiger partial charge in [-0.3, -0.25) is 0 Å². The van der Waals surface area contributed by atoms with Crippen molar-refractivity contribution in [3.8, 4) is 0 Å². The van der Waals surface area contributed by atoms with Crippen LogP contribution in [0.2, 0.25) is 0 Å². The molecule has 0 aliphatic heterocycles. The van der Waals surface area contributed by atoms with Crippen molar-refractivity contribution in [3.63, 3.8) is 0 Å². The first-order valence-corrected chi connectivity index (χ1v) is 6.39. The van der Waals surface area contributed by atoms with Crippen LogP contribution in [0.3, 0.4) is 0 Å². The van der Waals surface area contributed by atoms with Crippen molar-refractivity contribution in [1.82, 2.24) is 5.32 Å². The van der Waals surface area contributed by atoms with Crippen LogP contribution in [0.15, 0.2) is 28.7 Å². The van der Waals surface area contributed by atoms with Gasteiger partial charge in [0.25, 0.3) is 0 Å². The van der Waals surface area contributed by atoms with E-state index in [-0.39, 0.29) is 0 Å². The Morgan fingerprint density at radius 1 is 1.29 bits per heavy atom. The van der Waals surface area contributed by atoms with Gasteiger partial charge in [0.2, 0.25) is 0 Å². The molecule has 1 N–H and O–H groups in total. The Kier molecular flexibility index (Phi) is 3.85. The third-order valence-electron chi connectivity index (χ3n) is 3.02. The molecule has 0 aliphatic carbocycles. The standard InChI is InChI=1S/C15H21NO/c1-4-16-10-12(3)8-14-9-13-7-11(2)5-6-15(13)17-14/h5-7,9,12,16H,4,8,10H2,1-3H3. The maximum atomic E-state index is 5.85. The maximum Gasteiger partial charge on any atom is 0.134 e. The van der Waals surface area contributed by atoms with E-state index in [1.165, 1.54) is 10.9 Å². The van der Waals surface area contributed by atoms with Gasteiger partial charge in [0.1, 0.15) is 11.3 Å². The molecule has 0 bridgehead atoms. The fraction of sp³-hybridized carbons (Fsp3) is 0.467. The molecule has 1 unspecified atom stereocenters. The van der Waals surface area contributed by atoms with Gasteiger partial charge in [-0.15, -0.1) is 0 Å². The Bertz CT molecular complexity index is 487. The normalized spacial score (nSPS) is 13.1. The van der Waals surface area contributed by atoms with Crippen LogP contribution in [-0.4, -0.2) is 13.1 Å². The van der Waals surface area contributed by atoms with Crippen LogP contribution in [0.4, 0.5) is 0 Å². The predicted molar refractivity (Wildman–Crippen MR) is 72.4 cm³/mol. The molecule has 2 aromatic rings. The highest BCUT2D eigenvalue weighted by molar-refractivity contribution is 5.78. The smallest absolute Gasteiger partial charge is 0.134 e. The van der Waals surface area contributed by atoms with Gasteiger partial charge in [0.05, 0.1) is 0 Å². The summed E-state index contributed by atoms with van der Waals surface area (Å²) in [5.74, 6) is 1.70. The number of aryl methyl sites for hydroxylation is 1. The fourth-order valence-electron chi connectivity index (χ4n) is 2.12. The van der Waals surface area contributed by atoms with Crippen LogP contribution in [0.1, 0.15) is 25.2 Å². The summed E-state index contributed by atoms with van der Waals surface area (Å²) in [7, 11) is 0. The molecule has 2 rings (SSSR count). The minimum Gasteiger partial charge on any atom is -0.461 e. The minimum atomic E-state index is 0.608. The predicted octanol–water partition coefficient (Wildman–Crippen LogP) is 3.53. The molecule has 1 aromatic carbocycles. The zero-order chi connectivity index (χ0) is 12.3. The van der Waals surface area contributed by atoms with Crippen LogP contribution in [0, 0.1) is 12.8 Å². The Morgan fingerprint density at radius 2 is 2.12 bits per heavy atom. The largest absolute Gasteiger partial charge is 0.461 e. The SMILES string of the molecule is CCNCC(C)Cc1cc2cc(C)ccc2o1. The van der Waals surface area contributed by atoms with E-state index in [2.05, 4.69) is 50.4 Å². The van der Waals surface area contributed by atoms with Crippen LogP contribution >= 0.6 is 0 Å². The highest BCUT2D eigenvalue weighted by atomic mass is 16.3. The molecular formula is C15H21NO. The van der Waals surface area contributed by atoms with Crippen molar-refractivity contribution in [1.29, 1.82) is 0 Å². The number of nitrogens with one attached hydrogen (secondary N) is 1. The van der Waals surface area contributed by atoms with Crippen molar-refractivity contribution in [2.75, 3.05) is 13.1 Å². The summed E-state index contributed by atoms with van der Waals surface area (Å²) in [5, 5.41) is 4.59. The Morgan fingerprint density at radius 3 is 2.88 bits per heavy atom. The summed E-state index contributed by atoms with van der Waals surface area (Å²) in [6.07, 6.45) is 1.00. The third-order valence-corrected chi connectivity index (χ3v) is 3.02. The van der Waals surface area contributed by atoms with Crippen molar-refractivity contribution in [2.24, 2.45) is 5.92 Å². The molecule has 2 nitrogen and oxygen atoms in total. The molecule has 92 valence electrons. The van der Waals surface area contributed by atoms with E-state index in [0.717, 1.165) is 30.9 Å². The molecule has 1 heterocycles. The van der Waals surface area contributed by atoms with Crippen LogP contribution in [-0.2, 0) is 6.42 Å². The number of hydrogen-bond acceptors (Lipinski definition) is 2. The monoisotopic (exact) mass is 231 g/mol. The zero-order valence-corrected chi connectivity index (χ0v) is 10.9. The summed E-state index contributed by atoms with van der Waals surface area (Å²) < 4.78 is 5.85. The highest BCUT2D eigenvalue weighted by Gasteiger charge is 2.08. The van der Waals surface area contributed by atoms with Gasteiger partial charge in [-0.2, -0.15) is 0 Å². The molecule has 0 saturated carbocycles. The van der Waals surface area contributed by atoms with Crippen LogP contribution in [0.25, 0.3) is 11.0 Å². The van der Waals surface area contributed by atoms with Gasteiger partial charge in [0, 0.05) is 11.8 Å². The van der Waals surface area contributed by atoms with Crippen molar-refractivity contribution in [3.05, 3.63) is 35.6 Å². The minimum absolute atomic E-state index is 0.608. The first kappa shape index (κ1) is 12.2. The number of fused-ring (bicyclic) bond motifs is 1. The lowest BCUT2D eigenvalue weighted by Crippen LogP contribution is -2.21. The highest BCUT2D eigenvalue weighted by Crippen LogP contribution is 2.22. The van der Waals surface area contributed by atoms with Gasteiger partial charge in [-0.25, -0.2) is 0 Å². The van der Waals surface area contributed by atoms with Crippen molar-refractivity contribution >= 4 is 11.0 Å². The molecule has 0 amide bonds. The van der Waals surface area contributed by atoms with E-state index in [1.807, 2.05) is 0 Å². The van der Waals surface area contributed by atoms with E-state index in [4.69, 9.17) is 4.42 Å². The van der Waals surface area contributed by atoms with E-state index in [9.17, 15) is 0 Å². The summed E-state index contributed by atoms with van der Waals surface area (Å²) in [6, 6.07) is 8.50. The number of furan rings is 1. The quantitative estimate of drug-likeness (QED) is 0.851. The second kappa shape index (κ2) is 5.37. The van der Waals surface area contributed by atoms with E-state index in [1.54, 1.807) is 0 Å². The zero-order valence-electron chi connectivity index (χ0n) is 10.9. The average Bonchev–Trinajstić information content (AvgIpc) is 2.67. The van der Waals surface area contributed by atoms with Gasteiger partial charge in [-0.05, 0) is 44.1 Å². The summed E-state index contributed by atoms with van der Waals surface area (Å²) >= 11 is 0. The van der Waals surface area contributed by atoms with E-state index < -0.39 is 0 Å². The molecular weight excluding hydrogens is 210 g/mol. The molecule has 0 radical (unpaired) electrons. The summed E-state index contributed by atoms with van der Waals surface area (Å²) in [4.78, 5) is 0. The molecule has 2 heteroatoms. The van der Waals surface area contributed by atoms with E-state index in [0.29, 0.717) is 5.92 Å². The Hall–Kier alpha value is -1.28. The molecule has 0 aliphatic rings. The molecule has 0 spiro atoms. The number of hydrogen-bond donors (Lipinski definition) is 1. The number of benzene rings is 1. The topological polar surface area (TPSA) is 25.2 Å². The fourth-order valence-corrected chi connectivity index (χ4v) is 2.12. The Labute approximate surface area is 103 Å². The molecule has 1 aromatic heterocycles. The lowest BCUT2D eigenvalue weighted by Gasteiger charge is -2.09. The lowest BCUT2D eigenvalue weighted by molar-refractivity contribution is 0.458. The first-order valence-electron chi connectivity index (χ1n) is 6.39. The molecule has 1 atom stereocenters. The van der Waals surface area contributed by atoms with Crippen LogP contribution in [0.5, 0.6) is 0 Å². The second-order valence-corrected chi connectivity index (χ2v) is 4.87. The Balaban J connectivity index is 2.08. The van der Waals surface area contributed by atoms with Crippen molar-refractivity contribution < 1.29 is 4.42 Å².